The number of anilines is 1. The number of nitrogens with zero attached hydrogens (tertiary/aromatic N) is 2. The number of amides is 3. The van der Waals surface area contributed by atoms with Crippen molar-refractivity contribution in [2.45, 2.75) is 25.8 Å². The first-order valence-electron chi connectivity index (χ1n) is 9.62. The van der Waals surface area contributed by atoms with E-state index in [1.165, 1.54) is 17.0 Å². The first-order chi connectivity index (χ1) is 14.7. The largest absolute Gasteiger partial charge is 0.345 e. The summed E-state index contributed by atoms with van der Waals surface area (Å²) in [6, 6.07) is 10.9. The van der Waals surface area contributed by atoms with Crippen LogP contribution in [-0.4, -0.2) is 46.7 Å². The topological polar surface area (TPSA) is 122 Å². The molecule has 0 atom stereocenters. The van der Waals surface area contributed by atoms with Gasteiger partial charge < -0.3 is 15.5 Å². The van der Waals surface area contributed by atoms with Gasteiger partial charge in [-0.05, 0) is 44.0 Å². The van der Waals surface area contributed by atoms with E-state index in [1.54, 1.807) is 12.1 Å². The molecule has 0 unspecified atom stereocenters. The Kier molecular flexibility index (Phi) is 6.86. The molecule has 31 heavy (non-hydrogen) atoms. The summed E-state index contributed by atoms with van der Waals surface area (Å²) in [5, 5.41) is 16.2. The molecule has 0 bridgehead atoms. The number of rotatable bonds is 8. The Balaban J connectivity index is 1.58. The number of nitro benzene ring substituents is 1. The predicted molar refractivity (Wildman–Crippen MR) is 115 cm³/mol. The molecular formula is C21H21ClN4O5. The lowest BCUT2D eigenvalue weighted by atomic mass is 10.1. The molecule has 1 fully saturated rings. The third kappa shape index (κ3) is 6.02. The third-order valence-electron chi connectivity index (χ3n) is 4.73. The van der Waals surface area contributed by atoms with Crippen LogP contribution in [0.5, 0.6) is 0 Å². The van der Waals surface area contributed by atoms with Gasteiger partial charge in [0.25, 0.3) is 11.6 Å². The highest BCUT2D eigenvalue weighted by Gasteiger charge is 2.35. The smallest absolute Gasteiger partial charge is 0.288 e. The van der Waals surface area contributed by atoms with Crippen molar-refractivity contribution in [3.63, 3.8) is 0 Å². The van der Waals surface area contributed by atoms with Gasteiger partial charge in [-0.1, -0.05) is 29.3 Å². The standard InChI is InChI=1S/C21H21ClN4O5/c1-13-2-5-15(6-3-13)24-19(27)11-23-20(28)12-25(16-7-8-16)21(29)14-4-9-17(22)18(10-14)26(30)31/h2-6,9-10,16H,7-8,11-12H2,1H3,(H,23,28)(H,24,27). The number of aryl methyl sites for hydroxylation is 1. The molecule has 2 N–H and O–H groups in total. The van der Waals surface area contributed by atoms with Gasteiger partial charge in [-0.15, -0.1) is 0 Å². The van der Waals surface area contributed by atoms with Gasteiger partial charge in [-0.3, -0.25) is 24.5 Å². The normalized spacial score (nSPS) is 12.7. The molecule has 0 radical (unpaired) electrons. The lowest BCUT2D eigenvalue weighted by molar-refractivity contribution is -0.384. The summed E-state index contributed by atoms with van der Waals surface area (Å²) < 4.78 is 0. The fourth-order valence-corrected chi connectivity index (χ4v) is 3.12. The van der Waals surface area contributed by atoms with Crippen molar-refractivity contribution in [2.75, 3.05) is 18.4 Å². The molecule has 0 spiro atoms. The van der Waals surface area contributed by atoms with Crippen molar-refractivity contribution in [3.8, 4) is 0 Å². The number of nitrogens with one attached hydrogen (secondary N) is 2. The number of hydrogen-bond donors (Lipinski definition) is 2. The lowest BCUT2D eigenvalue weighted by Gasteiger charge is -2.22. The van der Waals surface area contributed by atoms with Crippen LogP contribution in [0.2, 0.25) is 5.02 Å². The van der Waals surface area contributed by atoms with Gasteiger partial charge in [-0.2, -0.15) is 0 Å². The van der Waals surface area contributed by atoms with Gasteiger partial charge in [0.1, 0.15) is 11.6 Å². The summed E-state index contributed by atoms with van der Waals surface area (Å²) in [6.45, 7) is 1.44. The van der Waals surface area contributed by atoms with E-state index >= 15 is 0 Å². The minimum absolute atomic E-state index is 0.0724. The number of halogens is 1. The van der Waals surface area contributed by atoms with E-state index in [0.717, 1.165) is 24.5 Å². The van der Waals surface area contributed by atoms with Gasteiger partial charge in [0.15, 0.2) is 0 Å². The molecule has 1 aliphatic rings. The highest BCUT2D eigenvalue weighted by molar-refractivity contribution is 6.32. The molecule has 0 saturated heterocycles. The molecular weight excluding hydrogens is 424 g/mol. The Morgan fingerprint density at radius 1 is 1.13 bits per heavy atom. The Morgan fingerprint density at radius 3 is 2.42 bits per heavy atom. The van der Waals surface area contributed by atoms with E-state index in [2.05, 4.69) is 10.6 Å². The summed E-state index contributed by atoms with van der Waals surface area (Å²) >= 11 is 5.80. The van der Waals surface area contributed by atoms with E-state index < -0.39 is 22.6 Å². The Morgan fingerprint density at radius 2 is 1.81 bits per heavy atom. The number of carbonyl (C=O) groups is 3. The van der Waals surface area contributed by atoms with Crippen LogP contribution in [0.25, 0.3) is 0 Å². The zero-order chi connectivity index (χ0) is 22.5. The van der Waals surface area contributed by atoms with Gasteiger partial charge in [0.05, 0.1) is 11.5 Å². The number of benzene rings is 2. The number of carbonyl (C=O) groups excluding carboxylic acids is 3. The lowest BCUT2D eigenvalue weighted by Crippen LogP contribution is -2.43. The second-order valence-electron chi connectivity index (χ2n) is 7.28. The quantitative estimate of drug-likeness (QED) is 0.479. The van der Waals surface area contributed by atoms with Crippen LogP contribution in [-0.2, 0) is 9.59 Å². The predicted octanol–water partition coefficient (Wildman–Crippen LogP) is 2.92. The SMILES string of the molecule is Cc1ccc(NC(=O)CNC(=O)CN(C(=O)c2ccc(Cl)c([N+](=O)[O-])c2)C2CC2)cc1. The summed E-state index contributed by atoms with van der Waals surface area (Å²) in [4.78, 5) is 49.0. The monoisotopic (exact) mass is 444 g/mol. The van der Waals surface area contributed by atoms with Crippen molar-refractivity contribution in [2.24, 2.45) is 0 Å². The van der Waals surface area contributed by atoms with Gasteiger partial charge >= 0.3 is 0 Å². The van der Waals surface area contributed by atoms with Crippen molar-refractivity contribution >= 4 is 40.7 Å². The molecule has 10 heteroatoms. The van der Waals surface area contributed by atoms with Gasteiger partial charge in [0, 0.05) is 23.4 Å². The highest BCUT2D eigenvalue weighted by atomic mass is 35.5. The first-order valence-corrected chi connectivity index (χ1v) is 10.0. The molecule has 1 aliphatic carbocycles. The van der Waals surface area contributed by atoms with Gasteiger partial charge in [-0.25, -0.2) is 0 Å². The third-order valence-corrected chi connectivity index (χ3v) is 5.05. The zero-order valence-electron chi connectivity index (χ0n) is 16.8. The number of hydrogen-bond acceptors (Lipinski definition) is 5. The van der Waals surface area contributed by atoms with E-state index in [9.17, 15) is 24.5 Å². The highest BCUT2D eigenvalue weighted by Crippen LogP contribution is 2.30. The van der Waals surface area contributed by atoms with Crippen LogP contribution in [0, 0.1) is 17.0 Å². The fraction of sp³-hybridized carbons (Fsp3) is 0.286. The van der Waals surface area contributed by atoms with Crippen LogP contribution in [0.3, 0.4) is 0 Å². The molecule has 2 aromatic rings. The summed E-state index contributed by atoms with van der Waals surface area (Å²) in [6.07, 6.45) is 1.48. The fourth-order valence-electron chi connectivity index (χ4n) is 2.94. The van der Waals surface area contributed by atoms with Crippen LogP contribution >= 0.6 is 11.6 Å². The summed E-state index contributed by atoms with van der Waals surface area (Å²) in [5.41, 5.74) is 1.37. The van der Waals surface area contributed by atoms with Crippen molar-refractivity contribution in [1.82, 2.24) is 10.2 Å². The van der Waals surface area contributed by atoms with Crippen molar-refractivity contribution in [3.05, 3.63) is 68.7 Å². The minimum atomic E-state index is -0.667. The second kappa shape index (κ2) is 9.57. The Labute approximate surface area is 183 Å². The maximum Gasteiger partial charge on any atom is 0.288 e. The average molecular weight is 445 g/mol. The van der Waals surface area contributed by atoms with Crippen LogP contribution in [0.1, 0.15) is 28.8 Å². The van der Waals surface area contributed by atoms with E-state index in [4.69, 9.17) is 11.6 Å². The van der Waals surface area contributed by atoms with Crippen LogP contribution in [0.15, 0.2) is 42.5 Å². The average Bonchev–Trinajstić information content (AvgIpc) is 3.57. The molecule has 9 nitrogen and oxygen atoms in total. The molecule has 3 rings (SSSR count). The zero-order valence-corrected chi connectivity index (χ0v) is 17.5. The Hall–Kier alpha value is -3.46. The van der Waals surface area contributed by atoms with E-state index in [1.807, 2.05) is 19.1 Å². The maximum atomic E-state index is 12.9. The van der Waals surface area contributed by atoms with E-state index in [-0.39, 0.29) is 35.4 Å². The minimum Gasteiger partial charge on any atom is -0.345 e. The van der Waals surface area contributed by atoms with Gasteiger partial charge in [0.2, 0.25) is 11.8 Å². The summed E-state index contributed by atoms with van der Waals surface area (Å²) in [5.74, 6) is -1.39. The molecule has 162 valence electrons. The maximum absolute atomic E-state index is 12.9. The van der Waals surface area contributed by atoms with Crippen molar-refractivity contribution in [1.29, 1.82) is 0 Å². The van der Waals surface area contributed by atoms with Crippen LogP contribution in [0.4, 0.5) is 11.4 Å². The molecule has 3 amide bonds. The molecule has 0 aromatic heterocycles. The van der Waals surface area contributed by atoms with Crippen molar-refractivity contribution < 1.29 is 19.3 Å². The summed E-state index contributed by atoms with van der Waals surface area (Å²) in [7, 11) is 0. The molecule has 2 aromatic carbocycles. The number of nitro groups is 1. The van der Waals surface area contributed by atoms with Crippen LogP contribution < -0.4 is 10.6 Å². The molecule has 0 heterocycles. The molecule has 1 saturated carbocycles. The van der Waals surface area contributed by atoms with E-state index in [0.29, 0.717) is 5.69 Å². The first kappa shape index (κ1) is 22.2. The second-order valence-corrected chi connectivity index (χ2v) is 7.69. The molecule has 0 aliphatic heterocycles. The Bertz CT molecular complexity index is 1020.